The van der Waals surface area contributed by atoms with E-state index >= 15 is 0 Å². The number of aromatic nitrogens is 3. The topological polar surface area (TPSA) is 85.1 Å². The van der Waals surface area contributed by atoms with Gasteiger partial charge in [0.05, 0.1) is 15.8 Å². The number of fused-ring (bicyclic) bond motifs is 1. The lowest BCUT2D eigenvalue weighted by Gasteiger charge is -2.09. The normalized spacial score (nSPS) is 11.2. The lowest BCUT2D eigenvalue weighted by atomic mass is 10.1. The van der Waals surface area contributed by atoms with E-state index in [1.54, 1.807) is 24.3 Å². The molecule has 0 saturated carbocycles. The number of imidazole rings is 1. The third-order valence-corrected chi connectivity index (χ3v) is 6.43. The van der Waals surface area contributed by atoms with Crippen LogP contribution in [-0.2, 0) is 13.0 Å². The number of hydrogen-bond donors (Lipinski definition) is 1. The van der Waals surface area contributed by atoms with Crippen LogP contribution < -0.4 is 0 Å². The highest BCUT2D eigenvalue weighted by Gasteiger charge is 2.17. The first-order valence-electron chi connectivity index (χ1n) is 9.94. The zero-order valence-corrected chi connectivity index (χ0v) is 18.4. The second-order valence-corrected chi connectivity index (χ2v) is 8.57. The minimum atomic E-state index is -0.978. The SMILES string of the molecule is CCCCc1nc(Cl)c(C=O)n1Cc1ccc2sc(-c3ccccc3C(=O)O)nc2c1. The van der Waals surface area contributed by atoms with Gasteiger partial charge in [-0.2, -0.15) is 0 Å². The van der Waals surface area contributed by atoms with Crippen LogP contribution in [0.15, 0.2) is 42.5 Å². The lowest BCUT2D eigenvalue weighted by Crippen LogP contribution is -2.08. The highest BCUT2D eigenvalue weighted by Crippen LogP contribution is 2.33. The summed E-state index contributed by atoms with van der Waals surface area (Å²) in [7, 11) is 0. The van der Waals surface area contributed by atoms with Crippen molar-refractivity contribution in [1.29, 1.82) is 0 Å². The van der Waals surface area contributed by atoms with E-state index in [0.29, 0.717) is 22.8 Å². The van der Waals surface area contributed by atoms with E-state index in [0.717, 1.165) is 47.2 Å². The third-order valence-electron chi connectivity index (χ3n) is 5.09. The molecule has 4 aromatic rings. The summed E-state index contributed by atoms with van der Waals surface area (Å²) < 4.78 is 2.82. The number of carbonyl (C=O) groups excluding carboxylic acids is 1. The lowest BCUT2D eigenvalue weighted by molar-refractivity contribution is 0.0697. The average Bonchev–Trinajstić information content (AvgIpc) is 3.32. The number of thiazole rings is 1. The minimum absolute atomic E-state index is 0.225. The summed E-state index contributed by atoms with van der Waals surface area (Å²) in [6, 6.07) is 12.8. The number of hydrogen-bond acceptors (Lipinski definition) is 5. The zero-order chi connectivity index (χ0) is 22.0. The second-order valence-electron chi connectivity index (χ2n) is 7.18. The first kappa shape index (κ1) is 21.2. The van der Waals surface area contributed by atoms with Crippen molar-refractivity contribution in [2.75, 3.05) is 0 Å². The van der Waals surface area contributed by atoms with Gasteiger partial charge in [0.2, 0.25) is 0 Å². The summed E-state index contributed by atoms with van der Waals surface area (Å²) in [4.78, 5) is 32.2. The number of benzene rings is 2. The van der Waals surface area contributed by atoms with E-state index in [-0.39, 0.29) is 10.7 Å². The van der Waals surface area contributed by atoms with Crippen LogP contribution in [0.4, 0.5) is 0 Å². The van der Waals surface area contributed by atoms with Gasteiger partial charge in [0, 0.05) is 18.5 Å². The second kappa shape index (κ2) is 8.99. The Morgan fingerprint density at radius 1 is 1.23 bits per heavy atom. The maximum atomic E-state index is 11.6. The average molecular weight is 454 g/mol. The van der Waals surface area contributed by atoms with Gasteiger partial charge in [-0.1, -0.05) is 49.2 Å². The zero-order valence-electron chi connectivity index (χ0n) is 16.8. The van der Waals surface area contributed by atoms with Crippen molar-refractivity contribution in [2.45, 2.75) is 32.7 Å². The molecule has 0 atom stereocenters. The van der Waals surface area contributed by atoms with Crippen molar-refractivity contribution in [3.63, 3.8) is 0 Å². The predicted molar refractivity (Wildman–Crippen MR) is 122 cm³/mol. The van der Waals surface area contributed by atoms with E-state index in [4.69, 9.17) is 11.6 Å². The minimum Gasteiger partial charge on any atom is -0.478 e. The quantitative estimate of drug-likeness (QED) is 0.345. The van der Waals surface area contributed by atoms with Gasteiger partial charge in [-0.3, -0.25) is 4.79 Å². The molecule has 0 radical (unpaired) electrons. The molecule has 0 unspecified atom stereocenters. The molecule has 4 rings (SSSR count). The molecule has 1 N–H and O–H groups in total. The molecule has 0 bridgehead atoms. The number of aryl methyl sites for hydroxylation is 1. The summed E-state index contributed by atoms with van der Waals surface area (Å²) in [5.74, 6) is -0.183. The Bertz CT molecular complexity index is 1280. The first-order valence-corrected chi connectivity index (χ1v) is 11.1. The standard InChI is InChI=1S/C23H20ClN3O3S/c1-2-3-8-20-26-21(24)18(13-28)27(20)12-14-9-10-19-17(11-14)25-22(31-19)15-6-4-5-7-16(15)23(29)30/h4-7,9-11,13H,2-3,8,12H2,1H3,(H,29,30). The van der Waals surface area contributed by atoms with Crippen LogP contribution in [0.25, 0.3) is 20.8 Å². The Balaban J connectivity index is 1.71. The number of aromatic carboxylic acids is 1. The Hall–Kier alpha value is -3.03. The van der Waals surface area contributed by atoms with Crippen LogP contribution in [0.3, 0.4) is 0 Å². The number of carboxylic acid groups (broad SMARTS) is 1. The summed E-state index contributed by atoms with van der Waals surface area (Å²) in [5, 5.41) is 10.4. The molecule has 0 saturated heterocycles. The van der Waals surface area contributed by atoms with Crippen LogP contribution in [-0.4, -0.2) is 31.9 Å². The fourth-order valence-corrected chi connectivity index (χ4v) is 4.75. The van der Waals surface area contributed by atoms with E-state index in [1.165, 1.54) is 11.3 Å². The van der Waals surface area contributed by atoms with Gasteiger partial charge in [0.15, 0.2) is 11.4 Å². The number of aldehydes is 1. The molecule has 0 aliphatic rings. The van der Waals surface area contributed by atoms with E-state index in [2.05, 4.69) is 16.9 Å². The largest absolute Gasteiger partial charge is 0.478 e. The predicted octanol–water partition coefficient (Wildman–Crippen LogP) is 5.71. The fourth-order valence-electron chi connectivity index (χ4n) is 3.52. The molecule has 0 spiro atoms. The highest BCUT2D eigenvalue weighted by atomic mass is 35.5. The van der Waals surface area contributed by atoms with Gasteiger partial charge in [-0.15, -0.1) is 11.3 Å². The number of nitrogens with zero attached hydrogens (tertiary/aromatic N) is 3. The molecule has 2 aromatic heterocycles. The van der Waals surface area contributed by atoms with Gasteiger partial charge in [0.25, 0.3) is 0 Å². The van der Waals surface area contributed by atoms with Crippen LogP contribution >= 0.6 is 22.9 Å². The van der Waals surface area contributed by atoms with E-state index in [9.17, 15) is 14.7 Å². The van der Waals surface area contributed by atoms with Crippen LogP contribution in [0.1, 0.15) is 52.0 Å². The Morgan fingerprint density at radius 2 is 2.03 bits per heavy atom. The third kappa shape index (κ3) is 4.24. The van der Waals surface area contributed by atoms with E-state index < -0.39 is 5.97 Å². The first-order chi connectivity index (χ1) is 15.0. The molecule has 0 aliphatic heterocycles. The Morgan fingerprint density at radius 3 is 2.77 bits per heavy atom. The summed E-state index contributed by atoms with van der Waals surface area (Å²) in [5.41, 5.74) is 2.95. The molecule has 0 fully saturated rings. The van der Waals surface area contributed by atoms with Gasteiger partial charge in [-0.25, -0.2) is 14.8 Å². The van der Waals surface area contributed by atoms with Gasteiger partial charge in [0.1, 0.15) is 16.5 Å². The monoisotopic (exact) mass is 453 g/mol. The maximum Gasteiger partial charge on any atom is 0.336 e. The molecular weight excluding hydrogens is 434 g/mol. The number of halogens is 1. The van der Waals surface area contributed by atoms with Gasteiger partial charge < -0.3 is 9.67 Å². The fraction of sp³-hybridized carbons (Fsp3) is 0.217. The van der Waals surface area contributed by atoms with Crippen molar-refractivity contribution < 1.29 is 14.7 Å². The molecule has 0 aliphatic carbocycles. The van der Waals surface area contributed by atoms with Crippen LogP contribution in [0.2, 0.25) is 5.15 Å². The maximum absolute atomic E-state index is 11.6. The smallest absolute Gasteiger partial charge is 0.336 e. The van der Waals surface area contributed by atoms with Crippen molar-refractivity contribution in [3.8, 4) is 10.6 Å². The number of carboxylic acids is 1. The molecule has 2 heterocycles. The highest BCUT2D eigenvalue weighted by molar-refractivity contribution is 7.21. The van der Waals surface area contributed by atoms with Crippen molar-refractivity contribution in [1.82, 2.24) is 14.5 Å². The van der Waals surface area contributed by atoms with Crippen LogP contribution in [0.5, 0.6) is 0 Å². The molecular formula is C23H20ClN3O3S. The van der Waals surface area contributed by atoms with Crippen LogP contribution in [0, 0.1) is 0 Å². The number of rotatable bonds is 8. The Kier molecular flexibility index (Phi) is 6.15. The molecule has 158 valence electrons. The number of unbranched alkanes of at least 4 members (excludes halogenated alkanes) is 1. The molecule has 6 nitrogen and oxygen atoms in total. The van der Waals surface area contributed by atoms with E-state index in [1.807, 2.05) is 22.8 Å². The van der Waals surface area contributed by atoms with Gasteiger partial charge in [-0.05, 0) is 30.2 Å². The van der Waals surface area contributed by atoms with Crippen molar-refractivity contribution in [2.24, 2.45) is 0 Å². The van der Waals surface area contributed by atoms with Crippen molar-refractivity contribution >= 4 is 45.4 Å². The van der Waals surface area contributed by atoms with Crippen molar-refractivity contribution in [3.05, 3.63) is 70.3 Å². The summed E-state index contributed by atoms with van der Waals surface area (Å²) in [6.45, 7) is 2.56. The molecule has 0 amide bonds. The molecule has 8 heteroatoms. The molecule has 31 heavy (non-hydrogen) atoms. The summed E-state index contributed by atoms with van der Waals surface area (Å²) in [6.07, 6.45) is 3.47. The summed E-state index contributed by atoms with van der Waals surface area (Å²) >= 11 is 7.63. The van der Waals surface area contributed by atoms with Gasteiger partial charge >= 0.3 is 5.97 Å². The Labute approximate surface area is 188 Å². The molecule has 2 aromatic carbocycles. The number of carbonyl (C=O) groups is 2.